The molecule has 1 unspecified atom stereocenters. The minimum absolute atomic E-state index is 0.105. The van der Waals surface area contributed by atoms with Crippen LogP contribution in [0.3, 0.4) is 0 Å². The van der Waals surface area contributed by atoms with Gasteiger partial charge < -0.3 is 25.3 Å². The fourth-order valence-corrected chi connectivity index (χ4v) is 4.04. The molecule has 34 heavy (non-hydrogen) atoms. The molecular weight excluding hydrogens is 444 g/mol. The van der Waals surface area contributed by atoms with E-state index in [2.05, 4.69) is 20.9 Å². The summed E-state index contributed by atoms with van der Waals surface area (Å²) in [5.41, 5.74) is 0.286. The molecule has 0 spiro atoms. The van der Waals surface area contributed by atoms with E-state index in [0.717, 1.165) is 6.07 Å². The molecule has 1 aromatic heterocycles. The highest BCUT2D eigenvalue weighted by Crippen LogP contribution is 2.25. The molecule has 0 radical (unpaired) electrons. The lowest BCUT2D eigenvalue weighted by Gasteiger charge is -2.28. The summed E-state index contributed by atoms with van der Waals surface area (Å²) in [6, 6.07) is 1.61. The quantitative estimate of drug-likeness (QED) is 0.457. The average Bonchev–Trinajstić information content (AvgIpc) is 3.26. The first-order valence-electron chi connectivity index (χ1n) is 11.5. The maximum Gasteiger partial charge on any atom is 0.245 e. The highest BCUT2D eigenvalue weighted by Gasteiger charge is 2.30. The minimum atomic E-state index is -0.897. The van der Waals surface area contributed by atoms with E-state index < -0.39 is 23.2 Å². The van der Waals surface area contributed by atoms with E-state index in [9.17, 15) is 18.4 Å². The van der Waals surface area contributed by atoms with Crippen molar-refractivity contribution in [2.75, 3.05) is 25.6 Å². The standard InChI is InChI=1S/C24H33F2N5O3/c1-15(29-18-7-6-16-10-17(25)11-20(26)19(16)12-18)22(32)30-21-13-31(14-28-21)24(2,3)23(33)27-8-5-9-34-4/h10-11,13-15,18,29H,5-9,12H2,1-4H3,(H,27,33)(H,30,32)/t15-,18?/m0/s1. The summed E-state index contributed by atoms with van der Waals surface area (Å²) in [5, 5.41) is 8.86. The van der Waals surface area contributed by atoms with Crippen molar-refractivity contribution in [3.05, 3.63) is 47.4 Å². The Labute approximate surface area is 198 Å². The third-order valence-electron chi connectivity index (χ3n) is 6.19. The predicted molar refractivity (Wildman–Crippen MR) is 124 cm³/mol. The molecule has 0 bridgehead atoms. The van der Waals surface area contributed by atoms with E-state index in [4.69, 9.17) is 4.74 Å². The number of benzene rings is 1. The zero-order chi connectivity index (χ0) is 24.9. The lowest BCUT2D eigenvalue weighted by atomic mass is 9.87. The molecule has 2 atom stereocenters. The Hall–Kier alpha value is -2.85. The van der Waals surface area contributed by atoms with Crippen LogP contribution in [0.25, 0.3) is 0 Å². The number of fused-ring (bicyclic) bond motifs is 1. The number of nitrogens with one attached hydrogen (secondary N) is 3. The second-order valence-electron chi connectivity index (χ2n) is 9.17. The number of imidazole rings is 1. The number of hydrogen-bond acceptors (Lipinski definition) is 5. The van der Waals surface area contributed by atoms with Crippen LogP contribution in [0.15, 0.2) is 24.7 Å². The Morgan fingerprint density at radius 2 is 2.09 bits per heavy atom. The van der Waals surface area contributed by atoms with Gasteiger partial charge in [-0.1, -0.05) is 0 Å². The van der Waals surface area contributed by atoms with E-state index in [1.165, 1.54) is 12.4 Å². The minimum Gasteiger partial charge on any atom is -0.385 e. The second-order valence-corrected chi connectivity index (χ2v) is 9.17. The Balaban J connectivity index is 1.54. The number of aromatic nitrogens is 2. The molecule has 0 fully saturated rings. The number of ether oxygens (including phenoxy) is 1. The van der Waals surface area contributed by atoms with Crippen molar-refractivity contribution in [3.63, 3.8) is 0 Å². The number of amides is 2. The molecule has 1 aromatic carbocycles. The van der Waals surface area contributed by atoms with Crippen molar-refractivity contribution in [1.29, 1.82) is 0 Å². The molecule has 0 saturated heterocycles. The number of anilines is 1. The Morgan fingerprint density at radius 1 is 1.32 bits per heavy atom. The van der Waals surface area contributed by atoms with Gasteiger partial charge in [0.2, 0.25) is 11.8 Å². The first-order chi connectivity index (χ1) is 16.1. The zero-order valence-electron chi connectivity index (χ0n) is 20.1. The number of nitrogens with zero attached hydrogens (tertiary/aromatic N) is 2. The molecule has 186 valence electrons. The molecular formula is C24H33F2N5O3. The molecule has 1 aliphatic rings. The monoisotopic (exact) mass is 477 g/mol. The molecule has 2 aromatic rings. The second kappa shape index (κ2) is 11.1. The predicted octanol–water partition coefficient (Wildman–Crippen LogP) is 2.52. The third-order valence-corrected chi connectivity index (χ3v) is 6.19. The smallest absolute Gasteiger partial charge is 0.245 e. The molecule has 0 saturated carbocycles. The van der Waals surface area contributed by atoms with Crippen LogP contribution < -0.4 is 16.0 Å². The van der Waals surface area contributed by atoms with Gasteiger partial charge in [-0.05, 0) is 63.6 Å². The van der Waals surface area contributed by atoms with Crippen LogP contribution in [0.5, 0.6) is 0 Å². The maximum atomic E-state index is 14.2. The molecule has 1 aliphatic carbocycles. The van der Waals surface area contributed by atoms with Crippen LogP contribution in [0.4, 0.5) is 14.6 Å². The van der Waals surface area contributed by atoms with Crippen molar-refractivity contribution in [2.45, 2.75) is 64.1 Å². The summed E-state index contributed by atoms with van der Waals surface area (Å²) in [4.78, 5) is 29.5. The lowest BCUT2D eigenvalue weighted by Crippen LogP contribution is -2.46. The third kappa shape index (κ3) is 6.18. The summed E-state index contributed by atoms with van der Waals surface area (Å²) in [6.45, 7) is 6.32. The van der Waals surface area contributed by atoms with Crippen molar-refractivity contribution in [3.8, 4) is 0 Å². The molecule has 2 amide bonds. The summed E-state index contributed by atoms with van der Waals surface area (Å²) < 4.78 is 34.2. The van der Waals surface area contributed by atoms with E-state index in [1.807, 2.05) is 0 Å². The maximum absolute atomic E-state index is 14.2. The summed E-state index contributed by atoms with van der Waals surface area (Å²) in [6.07, 6.45) is 5.44. The van der Waals surface area contributed by atoms with Crippen molar-refractivity contribution in [2.24, 2.45) is 0 Å². The fourth-order valence-electron chi connectivity index (χ4n) is 4.04. The van der Waals surface area contributed by atoms with Gasteiger partial charge in [-0.2, -0.15) is 0 Å². The number of rotatable bonds is 10. The van der Waals surface area contributed by atoms with Crippen LogP contribution >= 0.6 is 0 Å². The van der Waals surface area contributed by atoms with Gasteiger partial charge in [-0.3, -0.25) is 9.59 Å². The first-order valence-corrected chi connectivity index (χ1v) is 11.5. The zero-order valence-corrected chi connectivity index (χ0v) is 20.1. The van der Waals surface area contributed by atoms with E-state index in [-0.39, 0.29) is 17.9 Å². The largest absolute Gasteiger partial charge is 0.385 e. The normalized spacial score (nSPS) is 16.6. The highest BCUT2D eigenvalue weighted by atomic mass is 19.1. The molecule has 8 nitrogen and oxygen atoms in total. The SMILES string of the molecule is COCCCNC(=O)C(C)(C)n1cnc(NC(=O)[C@H](C)NC2CCc3cc(F)cc(F)c3C2)c1. The molecule has 1 heterocycles. The molecule has 3 N–H and O–H groups in total. The van der Waals surface area contributed by atoms with Crippen molar-refractivity contribution >= 4 is 17.6 Å². The Bertz CT molecular complexity index is 1020. The van der Waals surface area contributed by atoms with Gasteiger partial charge in [0.1, 0.15) is 17.2 Å². The average molecular weight is 478 g/mol. The summed E-state index contributed by atoms with van der Waals surface area (Å²) in [5.74, 6) is -1.25. The van der Waals surface area contributed by atoms with Gasteiger partial charge in [-0.25, -0.2) is 13.8 Å². The van der Waals surface area contributed by atoms with Crippen LogP contribution in [0.1, 0.15) is 44.7 Å². The number of methoxy groups -OCH3 is 1. The van der Waals surface area contributed by atoms with Crippen LogP contribution in [-0.2, 0) is 32.7 Å². The van der Waals surface area contributed by atoms with Crippen LogP contribution in [-0.4, -0.2) is 53.7 Å². The molecule has 10 heteroatoms. The van der Waals surface area contributed by atoms with Gasteiger partial charge in [0.05, 0.1) is 12.4 Å². The fraction of sp³-hybridized carbons (Fsp3) is 0.542. The summed E-state index contributed by atoms with van der Waals surface area (Å²) in [7, 11) is 1.61. The van der Waals surface area contributed by atoms with E-state index in [0.29, 0.717) is 55.8 Å². The van der Waals surface area contributed by atoms with E-state index >= 15 is 0 Å². The summed E-state index contributed by atoms with van der Waals surface area (Å²) >= 11 is 0. The van der Waals surface area contributed by atoms with Crippen LogP contribution in [0.2, 0.25) is 0 Å². The van der Waals surface area contributed by atoms with E-state index in [1.54, 1.807) is 38.6 Å². The Kier molecular flexibility index (Phi) is 8.37. The topological polar surface area (TPSA) is 97.3 Å². The highest BCUT2D eigenvalue weighted by molar-refractivity contribution is 5.93. The van der Waals surface area contributed by atoms with Gasteiger partial charge in [-0.15, -0.1) is 0 Å². The van der Waals surface area contributed by atoms with Crippen molar-refractivity contribution in [1.82, 2.24) is 20.2 Å². The van der Waals surface area contributed by atoms with Gasteiger partial charge in [0.25, 0.3) is 0 Å². The number of hydrogen-bond donors (Lipinski definition) is 3. The van der Waals surface area contributed by atoms with Gasteiger partial charge >= 0.3 is 0 Å². The number of carbonyl (C=O) groups is 2. The number of carbonyl (C=O) groups excluding carboxylic acids is 2. The lowest BCUT2D eigenvalue weighted by molar-refractivity contribution is -0.128. The number of aryl methyl sites for hydroxylation is 1. The van der Waals surface area contributed by atoms with Gasteiger partial charge in [0, 0.05) is 38.6 Å². The first kappa shape index (κ1) is 25.8. The molecule has 3 rings (SSSR count). The molecule has 0 aliphatic heterocycles. The number of halogens is 2. The van der Waals surface area contributed by atoms with Crippen LogP contribution in [0, 0.1) is 11.6 Å². The van der Waals surface area contributed by atoms with Crippen molar-refractivity contribution < 1.29 is 23.1 Å². The van der Waals surface area contributed by atoms with Gasteiger partial charge in [0.15, 0.2) is 5.82 Å². The Morgan fingerprint density at radius 3 is 2.82 bits per heavy atom.